The van der Waals surface area contributed by atoms with E-state index in [1.54, 1.807) is 0 Å². The maximum absolute atomic E-state index is 6.79. The van der Waals surface area contributed by atoms with E-state index in [-0.39, 0.29) is 0 Å². The van der Waals surface area contributed by atoms with Crippen molar-refractivity contribution in [2.75, 3.05) is 4.90 Å². The minimum Gasteiger partial charge on any atom is -0.453 e. The van der Waals surface area contributed by atoms with Gasteiger partial charge >= 0.3 is 0 Å². The number of furan rings is 1. The lowest BCUT2D eigenvalue weighted by Crippen LogP contribution is -2.10. The van der Waals surface area contributed by atoms with Crippen LogP contribution in [0.4, 0.5) is 17.1 Å². The van der Waals surface area contributed by atoms with Crippen molar-refractivity contribution < 1.29 is 4.42 Å². The third kappa shape index (κ3) is 6.17. The van der Waals surface area contributed by atoms with Crippen LogP contribution in [0.3, 0.4) is 0 Å². The summed E-state index contributed by atoms with van der Waals surface area (Å²) in [6.45, 7) is 0. The summed E-state index contributed by atoms with van der Waals surface area (Å²) in [6.07, 6.45) is 0. The topological polar surface area (TPSA) is 21.3 Å². The molecule has 11 aromatic rings. The summed E-state index contributed by atoms with van der Waals surface area (Å²) < 4.78 is 9.14. The SMILES string of the molecule is c1ccc(-c2ccc(N(c3ccc(-c4ccccc4)cc3)c3cccc(-c4ccc(-n5c6ccccc6c6oc7c(-c8ccccc8)cccc7c65)cc4)c3)cc2)cc1. The zero-order valence-corrected chi connectivity index (χ0v) is 32.2. The normalized spacial score (nSPS) is 11.4. The van der Waals surface area contributed by atoms with E-state index in [1.165, 1.54) is 22.3 Å². The Kier molecular flexibility index (Phi) is 8.49. The molecule has 0 bridgehead atoms. The third-order valence-electron chi connectivity index (χ3n) is 11.4. The molecule has 0 fully saturated rings. The first kappa shape index (κ1) is 34.4. The Hall–Kier alpha value is -7.88. The first-order chi connectivity index (χ1) is 29.3. The number of fused-ring (bicyclic) bond motifs is 5. The summed E-state index contributed by atoms with van der Waals surface area (Å²) in [5, 5.41) is 2.20. The van der Waals surface area contributed by atoms with Crippen molar-refractivity contribution in [2.45, 2.75) is 0 Å². The summed E-state index contributed by atoms with van der Waals surface area (Å²) in [5.74, 6) is 0. The fraction of sp³-hybridized carbons (Fsp3) is 0. The number of hydrogen-bond acceptors (Lipinski definition) is 2. The highest BCUT2D eigenvalue weighted by molar-refractivity contribution is 6.18. The van der Waals surface area contributed by atoms with Gasteiger partial charge in [-0.15, -0.1) is 0 Å². The van der Waals surface area contributed by atoms with Gasteiger partial charge in [0.25, 0.3) is 0 Å². The molecule has 2 aromatic heterocycles. The van der Waals surface area contributed by atoms with E-state index in [2.05, 4.69) is 240 Å². The smallest absolute Gasteiger partial charge is 0.161 e. The van der Waals surface area contributed by atoms with E-state index in [4.69, 9.17) is 4.42 Å². The van der Waals surface area contributed by atoms with E-state index in [1.807, 2.05) is 0 Å². The second kappa shape index (κ2) is 14.6. The van der Waals surface area contributed by atoms with Crippen LogP contribution in [0, 0.1) is 0 Å². The van der Waals surface area contributed by atoms with Crippen molar-refractivity contribution in [3.8, 4) is 50.2 Å². The molecular weight excluding hydrogens is 717 g/mol. The highest BCUT2D eigenvalue weighted by atomic mass is 16.3. The molecule has 0 atom stereocenters. The number of anilines is 3. The molecule has 278 valence electrons. The fourth-order valence-corrected chi connectivity index (χ4v) is 8.55. The van der Waals surface area contributed by atoms with Gasteiger partial charge in [-0.1, -0.05) is 164 Å². The van der Waals surface area contributed by atoms with Gasteiger partial charge in [0.2, 0.25) is 0 Å². The van der Waals surface area contributed by atoms with E-state index in [9.17, 15) is 0 Å². The van der Waals surface area contributed by atoms with E-state index in [0.717, 1.165) is 78.0 Å². The van der Waals surface area contributed by atoms with Crippen LogP contribution in [0.15, 0.2) is 235 Å². The molecule has 2 heterocycles. The largest absolute Gasteiger partial charge is 0.453 e. The highest BCUT2D eigenvalue weighted by Crippen LogP contribution is 2.43. The van der Waals surface area contributed by atoms with Crippen LogP contribution in [-0.4, -0.2) is 4.57 Å². The molecule has 9 aromatic carbocycles. The predicted octanol–water partition coefficient (Wildman–Crippen LogP) is 15.7. The highest BCUT2D eigenvalue weighted by Gasteiger charge is 2.21. The minimum atomic E-state index is 0.907. The number of nitrogens with zero attached hydrogens (tertiary/aromatic N) is 2. The second-order valence-corrected chi connectivity index (χ2v) is 14.9. The number of hydrogen-bond donors (Lipinski definition) is 0. The summed E-state index contributed by atoms with van der Waals surface area (Å²) in [5.41, 5.74) is 17.7. The number of aromatic nitrogens is 1. The van der Waals surface area contributed by atoms with Gasteiger partial charge < -0.3 is 13.9 Å². The van der Waals surface area contributed by atoms with Gasteiger partial charge in [0.15, 0.2) is 5.58 Å². The molecule has 0 aliphatic rings. The Morgan fingerprint density at radius 3 is 1.42 bits per heavy atom. The molecule has 3 nitrogen and oxygen atoms in total. The Bertz CT molecular complexity index is 3140. The van der Waals surface area contributed by atoms with Crippen molar-refractivity contribution in [1.29, 1.82) is 0 Å². The van der Waals surface area contributed by atoms with Gasteiger partial charge in [-0.2, -0.15) is 0 Å². The first-order valence-electron chi connectivity index (χ1n) is 20.1. The second-order valence-electron chi connectivity index (χ2n) is 14.9. The molecule has 0 saturated heterocycles. The van der Waals surface area contributed by atoms with Gasteiger partial charge in [-0.3, -0.25) is 0 Å². The van der Waals surface area contributed by atoms with Crippen LogP contribution in [0.1, 0.15) is 0 Å². The first-order valence-corrected chi connectivity index (χ1v) is 20.1. The molecule has 3 heteroatoms. The van der Waals surface area contributed by atoms with E-state index in [0.29, 0.717) is 0 Å². The summed E-state index contributed by atoms with van der Waals surface area (Å²) in [7, 11) is 0. The van der Waals surface area contributed by atoms with Crippen LogP contribution in [0.2, 0.25) is 0 Å². The molecule has 0 spiro atoms. The molecule has 59 heavy (non-hydrogen) atoms. The lowest BCUT2D eigenvalue weighted by molar-refractivity contribution is 0.674. The summed E-state index contributed by atoms with van der Waals surface area (Å²) in [6, 6.07) is 82.1. The van der Waals surface area contributed by atoms with Crippen LogP contribution in [0.5, 0.6) is 0 Å². The Morgan fingerprint density at radius 1 is 0.322 bits per heavy atom. The van der Waals surface area contributed by atoms with Crippen molar-refractivity contribution in [3.05, 3.63) is 231 Å². The van der Waals surface area contributed by atoms with E-state index >= 15 is 0 Å². The lowest BCUT2D eigenvalue weighted by Gasteiger charge is -2.26. The monoisotopic (exact) mass is 754 g/mol. The third-order valence-corrected chi connectivity index (χ3v) is 11.4. The predicted molar refractivity (Wildman–Crippen MR) is 247 cm³/mol. The zero-order valence-electron chi connectivity index (χ0n) is 32.2. The van der Waals surface area contributed by atoms with Gasteiger partial charge in [-0.05, 0) is 106 Å². The number of para-hydroxylation sites is 2. The molecule has 0 unspecified atom stereocenters. The van der Waals surface area contributed by atoms with Crippen molar-refractivity contribution in [3.63, 3.8) is 0 Å². The molecule has 0 aliphatic heterocycles. The Balaban J connectivity index is 0.986. The standard InChI is InChI=1S/C56H38N2O/c1-4-14-39(15-5-1)41-26-32-46(33-27-41)57(47-34-28-42(29-35-47)40-16-6-2-7-17-40)49-21-12-20-45(38-49)43-30-36-48(37-31-43)58-53-25-11-10-22-51(53)56-54(58)52-24-13-23-50(55(52)59-56)44-18-8-3-9-19-44/h1-38H. The molecule has 0 N–H and O–H groups in total. The van der Waals surface area contributed by atoms with Crippen LogP contribution in [0.25, 0.3) is 83.2 Å². The maximum Gasteiger partial charge on any atom is 0.161 e. The van der Waals surface area contributed by atoms with Crippen LogP contribution in [-0.2, 0) is 0 Å². The van der Waals surface area contributed by atoms with E-state index < -0.39 is 0 Å². The van der Waals surface area contributed by atoms with Crippen LogP contribution < -0.4 is 4.90 Å². The molecular formula is C56H38N2O. The number of rotatable bonds is 8. The van der Waals surface area contributed by atoms with Crippen molar-refractivity contribution in [2.24, 2.45) is 0 Å². The van der Waals surface area contributed by atoms with Crippen molar-refractivity contribution >= 4 is 50.0 Å². The average Bonchev–Trinajstić information content (AvgIpc) is 3.86. The minimum absolute atomic E-state index is 0.907. The molecule has 0 saturated carbocycles. The average molecular weight is 755 g/mol. The Labute approximate surface area is 343 Å². The van der Waals surface area contributed by atoms with Gasteiger partial charge in [0.1, 0.15) is 11.1 Å². The number of benzene rings is 9. The molecule has 0 amide bonds. The molecule has 0 radical (unpaired) electrons. The quantitative estimate of drug-likeness (QED) is 0.154. The van der Waals surface area contributed by atoms with Gasteiger partial charge in [0.05, 0.1) is 5.52 Å². The summed E-state index contributed by atoms with van der Waals surface area (Å²) in [4.78, 5) is 2.35. The maximum atomic E-state index is 6.79. The van der Waals surface area contributed by atoms with Crippen LogP contribution >= 0.6 is 0 Å². The zero-order chi connectivity index (χ0) is 39.1. The molecule has 11 rings (SSSR count). The lowest BCUT2D eigenvalue weighted by atomic mass is 10.0. The van der Waals surface area contributed by atoms with Gasteiger partial charge in [-0.25, -0.2) is 0 Å². The van der Waals surface area contributed by atoms with Gasteiger partial charge in [0, 0.05) is 39.1 Å². The molecule has 0 aliphatic carbocycles. The Morgan fingerprint density at radius 2 is 0.797 bits per heavy atom. The van der Waals surface area contributed by atoms with Crippen molar-refractivity contribution in [1.82, 2.24) is 4.57 Å². The summed E-state index contributed by atoms with van der Waals surface area (Å²) >= 11 is 0. The fourth-order valence-electron chi connectivity index (χ4n) is 8.55.